The van der Waals surface area contributed by atoms with Crippen LogP contribution in [0.5, 0.6) is 5.95 Å². The summed E-state index contributed by atoms with van der Waals surface area (Å²) in [7, 11) is 2.67. The Bertz CT molecular complexity index is 1140. The van der Waals surface area contributed by atoms with Crippen molar-refractivity contribution in [1.82, 2.24) is 0 Å². The fourth-order valence-corrected chi connectivity index (χ4v) is 7.19. The zero-order valence-corrected chi connectivity index (χ0v) is 24.2. The Hall–Kier alpha value is -2.61. The standard InChI is InChI=1S/C30H44O8/c1-17-10-11-22-29(6,13-12-23(38-19(3)31)30(22,7)15-14-28(4,5)34)21(17)16-20-25(32)24(26(33)35-8)18(2)37-27(20)36-9/h21-23,34H,1,10-16H2,2-9H3/t21-,22-,23-,29-,30+/m1/s1. The normalized spacial score (nSPS) is 29.4. The van der Waals surface area contributed by atoms with Gasteiger partial charge in [0.05, 0.1) is 25.4 Å². The summed E-state index contributed by atoms with van der Waals surface area (Å²) in [5.74, 6) is -0.748. The summed E-state index contributed by atoms with van der Waals surface area (Å²) in [4.78, 5) is 38.0. The molecule has 8 nitrogen and oxygen atoms in total. The number of carbonyl (C=O) groups excluding carboxylic acids is 2. The van der Waals surface area contributed by atoms with Gasteiger partial charge in [-0.2, -0.15) is 0 Å². The van der Waals surface area contributed by atoms with Crippen LogP contribution in [0.25, 0.3) is 0 Å². The minimum absolute atomic E-state index is 0.0917. The quantitative estimate of drug-likeness (QED) is 0.361. The lowest BCUT2D eigenvalue weighted by Crippen LogP contribution is -2.57. The molecule has 0 bridgehead atoms. The fourth-order valence-electron chi connectivity index (χ4n) is 7.19. The molecule has 2 aliphatic rings. The predicted molar refractivity (Wildman–Crippen MR) is 143 cm³/mol. The maximum absolute atomic E-state index is 13.6. The van der Waals surface area contributed by atoms with E-state index in [0.717, 1.165) is 24.8 Å². The lowest BCUT2D eigenvalue weighted by atomic mass is 9.45. The molecule has 2 aliphatic carbocycles. The fraction of sp³-hybridized carbons (Fsp3) is 0.700. The van der Waals surface area contributed by atoms with Crippen molar-refractivity contribution in [3.63, 3.8) is 0 Å². The van der Waals surface area contributed by atoms with Gasteiger partial charge >= 0.3 is 11.9 Å². The number of fused-ring (bicyclic) bond motifs is 1. The smallest absolute Gasteiger partial charge is 0.345 e. The number of allylic oxidation sites excluding steroid dienone is 1. The van der Waals surface area contributed by atoms with E-state index < -0.39 is 17.0 Å². The second-order valence-corrected chi connectivity index (χ2v) is 12.3. The van der Waals surface area contributed by atoms with Crippen LogP contribution in [0.4, 0.5) is 0 Å². The third-order valence-corrected chi connectivity index (χ3v) is 9.23. The highest BCUT2D eigenvalue weighted by molar-refractivity contribution is 5.90. The molecule has 2 saturated carbocycles. The summed E-state index contributed by atoms with van der Waals surface area (Å²) in [6.07, 6.45) is 4.39. The summed E-state index contributed by atoms with van der Waals surface area (Å²) in [5, 5.41) is 10.6. The van der Waals surface area contributed by atoms with E-state index in [-0.39, 0.29) is 52.0 Å². The molecule has 8 heteroatoms. The van der Waals surface area contributed by atoms with Gasteiger partial charge in [-0.3, -0.25) is 9.59 Å². The number of hydrogen-bond acceptors (Lipinski definition) is 8. The number of aliphatic hydroxyl groups is 1. The van der Waals surface area contributed by atoms with Crippen molar-refractivity contribution < 1.29 is 33.3 Å². The van der Waals surface area contributed by atoms with Gasteiger partial charge in [0.2, 0.25) is 5.43 Å². The number of carbonyl (C=O) groups is 2. The van der Waals surface area contributed by atoms with E-state index in [9.17, 15) is 19.5 Å². The highest BCUT2D eigenvalue weighted by atomic mass is 16.6. The molecule has 38 heavy (non-hydrogen) atoms. The van der Waals surface area contributed by atoms with Crippen molar-refractivity contribution in [2.75, 3.05) is 14.2 Å². The number of ether oxygens (including phenoxy) is 3. The number of rotatable bonds is 8. The van der Waals surface area contributed by atoms with E-state index in [0.29, 0.717) is 31.2 Å². The second-order valence-electron chi connectivity index (χ2n) is 12.3. The van der Waals surface area contributed by atoms with Crippen LogP contribution >= 0.6 is 0 Å². The molecular formula is C30H44O8. The van der Waals surface area contributed by atoms with Crippen LogP contribution in [0, 0.1) is 29.6 Å². The SMILES string of the molecule is C=C1CC[C@@H]2[C@](C)(CC[C@@H](OC(C)=O)[C@@]2(C)CCC(C)(C)O)[C@@H]1Cc1c(OC)oc(C)c(C(=O)OC)c1=O. The van der Waals surface area contributed by atoms with Crippen LogP contribution in [-0.2, 0) is 20.7 Å². The van der Waals surface area contributed by atoms with Crippen LogP contribution in [0.1, 0.15) is 94.8 Å². The average Bonchev–Trinajstić information content (AvgIpc) is 2.82. The lowest BCUT2D eigenvalue weighted by molar-refractivity contribution is -0.180. The van der Waals surface area contributed by atoms with Gasteiger partial charge in [0, 0.05) is 12.3 Å². The van der Waals surface area contributed by atoms with Crippen LogP contribution in [0.2, 0.25) is 0 Å². The molecule has 5 atom stereocenters. The molecule has 0 amide bonds. The zero-order chi connectivity index (χ0) is 28.6. The largest absolute Gasteiger partial charge is 0.468 e. The van der Waals surface area contributed by atoms with Gasteiger partial charge in [-0.05, 0) is 83.0 Å². The minimum Gasteiger partial charge on any atom is -0.468 e. The van der Waals surface area contributed by atoms with Crippen molar-refractivity contribution in [2.45, 2.75) is 98.2 Å². The second kappa shape index (κ2) is 10.9. The van der Waals surface area contributed by atoms with Gasteiger partial charge in [0.1, 0.15) is 17.4 Å². The summed E-state index contributed by atoms with van der Waals surface area (Å²) in [6.45, 7) is 15.4. The first-order valence-corrected chi connectivity index (χ1v) is 13.4. The van der Waals surface area contributed by atoms with Crippen molar-refractivity contribution in [3.05, 3.63) is 39.3 Å². The van der Waals surface area contributed by atoms with Crippen molar-refractivity contribution in [1.29, 1.82) is 0 Å². The highest BCUT2D eigenvalue weighted by Crippen LogP contribution is 2.63. The predicted octanol–water partition coefficient (Wildman–Crippen LogP) is 5.16. The van der Waals surface area contributed by atoms with E-state index in [1.54, 1.807) is 20.8 Å². The van der Waals surface area contributed by atoms with Crippen molar-refractivity contribution in [2.24, 2.45) is 22.7 Å². The third-order valence-electron chi connectivity index (χ3n) is 9.23. The van der Waals surface area contributed by atoms with E-state index >= 15 is 0 Å². The molecule has 0 spiro atoms. The van der Waals surface area contributed by atoms with Gasteiger partial charge in [-0.1, -0.05) is 26.0 Å². The van der Waals surface area contributed by atoms with E-state index in [2.05, 4.69) is 20.4 Å². The first-order chi connectivity index (χ1) is 17.6. The molecule has 212 valence electrons. The Kier molecular flexibility index (Phi) is 8.56. The molecular weight excluding hydrogens is 488 g/mol. The van der Waals surface area contributed by atoms with Crippen molar-refractivity contribution in [3.8, 4) is 5.95 Å². The molecule has 0 aliphatic heterocycles. The molecule has 2 fully saturated rings. The number of esters is 2. The van der Waals surface area contributed by atoms with Crippen LogP contribution in [-0.4, -0.2) is 43.0 Å². The molecule has 3 rings (SSSR count). The molecule has 0 unspecified atom stereocenters. The zero-order valence-electron chi connectivity index (χ0n) is 24.2. The van der Waals surface area contributed by atoms with Crippen molar-refractivity contribution >= 4 is 11.9 Å². The van der Waals surface area contributed by atoms with Gasteiger partial charge < -0.3 is 23.7 Å². The topological polar surface area (TPSA) is 112 Å². The molecule has 0 saturated heterocycles. The third kappa shape index (κ3) is 5.56. The highest BCUT2D eigenvalue weighted by Gasteiger charge is 2.59. The van der Waals surface area contributed by atoms with Crippen LogP contribution in [0.3, 0.4) is 0 Å². The van der Waals surface area contributed by atoms with E-state index in [4.69, 9.17) is 18.6 Å². The van der Waals surface area contributed by atoms with Crippen LogP contribution < -0.4 is 10.2 Å². The number of aryl methyl sites for hydroxylation is 1. The molecule has 0 radical (unpaired) electrons. The first-order valence-electron chi connectivity index (χ1n) is 13.4. The summed E-state index contributed by atoms with van der Waals surface area (Å²) >= 11 is 0. The molecule has 1 N–H and O–H groups in total. The molecule has 0 aromatic carbocycles. The molecule has 1 aromatic rings. The van der Waals surface area contributed by atoms with Gasteiger partial charge in [0.25, 0.3) is 5.95 Å². The van der Waals surface area contributed by atoms with Gasteiger partial charge in [-0.25, -0.2) is 4.79 Å². The van der Waals surface area contributed by atoms with Gasteiger partial charge in [-0.15, -0.1) is 0 Å². The van der Waals surface area contributed by atoms with Gasteiger partial charge in [0.15, 0.2) is 0 Å². The Morgan fingerprint density at radius 3 is 2.42 bits per heavy atom. The summed E-state index contributed by atoms with van der Waals surface area (Å²) < 4.78 is 22.0. The Morgan fingerprint density at radius 2 is 1.87 bits per heavy atom. The number of methoxy groups -OCH3 is 2. The average molecular weight is 533 g/mol. The lowest BCUT2D eigenvalue weighted by Gasteiger charge is -2.61. The van der Waals surface area contributed by atoms with Crippen LogP contribution in [0.15, 0.2) is 21.4 Å². The summed E-state index contributed by atoms with van der Waals surface area (Å²) in [6, 6.07) is 0. The molecule has 1 heterocycles. The Labute approximate surface area is 225 Å². The Balaban J connectivity index is 2.09. The minimum atomic E-state index is -0.853. The maximum Gasteiger partial charge on any atom is 0.345 e. The van der Waals surface area contributed by atoms with E-state index in [1.165, 1.54) is 21.1 Å². The van der Waals surface area contributed by atoms with E-state index in [1.807, 2.05) is 0 Å². The Morgan fingerprint density at radius 1 is 1.21 bits per heavy atom. The molecule has 1 aromatic heterocycles. The first kappa shape index (κ1) is 29.9. The summed E-state index contributed by atoms with van der Waals surface area (Å²) in [5.41, 5.74) is -0.735. The number of hydrogen-bond donors (Lipinski definition) is 1. The maximum atomic E-state index is 13.6. The monoisotopic (exact) mass is 532 g/mol.